The van der Waals surface area contributed by atoms with Crippen LogP contribution in [0.15, 0.2) is 84.3 Å². The Bertz CT molecular complexity index is 1470. The third kappa shape index (κ3) is 2.60. The first-order valence-electron chi connectivity index (χ1n) is 10.8. The topological polar surface area (TPSA) is 106 Å². The lowest BCUT2D eigenvalue weighted by Gasteiger charge is -2.36. The zero-order valence-corrected chi connectivity index (χ0v) is 19.1. The molecule has 0 unspecified atom stereocenters. The second kappa shape index (κ2) is 7.35. The molecule has 3 aromatic rings. The number of para-hydroxylation sites is 2. The van der Waals surface area contributed by atoms with Crippen molar-refractivity contribution in [2.75, 3.05) is 23.1 Å². The minimum Gasteiger partial charge on any atom is -0.465 e. The van der Waals surface area contributed by atoms with Gasteiger partial charge in [0, 0.05) is 33.2 Å². The van der Waals surface area contributed by atoms with Gasteiger partial charge in [0.05, 0.1) is 7.11 Å². The van der Waals surface area contributed by atoms with Crippen LogP contribution in [0, 0.1) is 0 Å². The Hall–Kier alpha value is -4.30. The molecule has 3 N–H and O–H groups in total. The van der Waals surface area contributed by atoms with Crippen LogP contribution in [0.25, 0.3) is 0 Å². The van der Waals surface area contributed by atoms with Crippen molar-refractivity contribution in [3.05, 3.63) is 100 Å². The smallest absolute Gasteiger partial charge is 0.340 e. The van der Waals surface area contributed by atoms with E-state index in [0.29, 0.717) is 33.2 Å². The summed E-state index contributed by atoms with van der Waals surface area (Å²) < 4.78 is 11.6. The van der Waals surface area contributed by atoms with Crippen molar-refractivity contribution in [1.29, 1.82) is 0 Å². The van der Waals surface area contributed by atoms with Gasteiger partial charge in [0.2, 0.25) is 17.4 Å². The molecule has 3 heterocycles. The fourth-order valence-electron chi connectivity index (χ4n) is 5.29. The van der Waals surface area contributed by atoms with Crippen LogP contribution in [-0.2, 0) is 34.9 Å². The van der Waals surface area contributed by atoms with Crippen LogP contribution < -0.4 is 16.0 Å². The molecule has 0 saturated carbocycles. The average molecular weight is 488 g/mol. The van der Waals surface area contributed by atoms with Crippen molar-refractivity contribution in [3.63, 3.8) is 0 Å². The van der Waals surface area contributed by atoms with Crippen molar-refractivity contribution in [2.24, 2.45) is 0 Å². The quantitative estimate of drug-likeness (QED) is 0.484. The number of carbonyl (C=O) groups is 3. The number of benzene rings is 3. The number of esters is 1. The molecule has 0 aromatic heterocycles. The van der Waals surface area contributed by atoms with E-state index in [2.05, 4.69) is 16.0 Å². The molecule has 2 atom stereocenters. The number of ether oxygens (including phenoxy) is 2. The van der Waals surface area contributed by atoms with E-state index in [4.69, 9.17) is 21.1 Å². The molecule has 0 radical (unpaired) electrons. The maximum atomic E-state index is 14.0. The average Bonchev–Trinajstić information content (AvgIpc) is 3.44. The van der Waals surface area contributed by atoms with Crippen LogP contribution in [0.5, 0.6) is 0 Å². The van der Waals surface area contributed by atoms with E-state index in [-0.39, 0.29) is 11.5 Å². The summed E-state index contributed by atoms with van der Waals surface area (Å²) in [5.74, 6) is -2.00. The minimum absolute atomic E-state index is 0.0575. The fraction of sp³-hybridized carbons (Fsp3) is 0.115. The Labute approximate surface area is 204 Å². The zero-order valence-electron chi connectivity index (χ0n) is 18.3. The molecule has 0 saturated heterocycles. The number of anilines is 3. The highest BCUT2D eigenvalue weighted by Crippen LogP contribution is 2.64. The molecule has 3 aromatic carbocycles. The van der Waals surface area contributed by atoms with Crippen LogP contribution in [0.4, 0.5) is 17.1 Å². The van der Waals surface area contributed by atoms with E-state index in [0.717, 1.165) is 0 Å². The Morgan fingerprint density at radius 3 is 2.17 bits per heavy atom. The van der Waals surface area contributed by atoms with Crippen molar-refractivity contribution < 1.29 is 23.9 Å². The maximum absolute atomic E-state index is 14.0. The predicted octanol–water partition coefficient (Wildman–Crippen LogP) is 3.90. The summed E-state index contributed by atoms with van der Waals surface area (Å²) in [5.41, 5.74) is -1.49. The highest BCUT2D eigenvalue weighted by Gasteiger charge is 2.77. The predicted molar refractivity (Wildman–Crippen MR) is 129 cm³/mol. The first kappa shape index (κ1) is 21.2. The summed E-state index contributed by atoms with van der Waals surface area (Å²) in [5, 5.41) is 9.28. The second-order valence-electron chi connectivity index (χ2n) is 8.36. The summed E-state index contributed by atoms with van der Waals surface area (Å²) in [6.45, 7) is 0. The summed E-state index contributed by atoms with van der Waals surface area (Å²) in [7, 11) is 1.22. The first-order chi connectivity index (χ1) is 16.9. The lowest BCUT2D eigenvalue weighted by Crippen LogP contribution is -2.57. The molecule has 0 bridgehead atoms. The zero-order chi connectivity index (χ0) is 24.4. The van der Waals surface area contributed by atoms with Crippen molar-refractivity contribution >= 4 is 46.4 Å². The van der Waals surface area contributed by atoms with Crippen molar-refractivity contribution in [2.45, 2.75) is 11.0 Å². The van der Waals surface area contributed by atoms with Crippen LogP contribution in [0.1, 0.15) is 11.1 Å². The summed E-state index contributed by atoms with van der Waals surface area (Å²) in [6, 6.07) is 20.6. The van der Waals surface area contributed by atoms with Gasteiger partial charge in [-0.05, 0) is 36.4 Å². The number of hydrogen-bond donors (Lipinski definition) is 3. The van der Waals surface area contributed by atoms with Gasteiger partial charge >= 0.3 is 5.97 Å². The number of halogens is 1. The van der Waals surface area contributed by atoms with Crippen molar-refractivity contribution in [1.82, 2.24) is 0 Å². The van der Waals surface area contributed by atoms with E-state index in [9.17, 15) is 14.4 Å². The van der Waals surface area contributed by atoms with E-state index in [1.807, 2.05) is 0 Å². The standard InChI is InChI=1S/C26H18ClN3O5/c1-34-22(31)20-21(28-15-12-10-14(27)11-13-15)35-26(17-7-3-5-9-19(17)30-24(26)33)25(20)16-6-2-4-8-18(16)29-23(25)32/h2-13,28H,1H3,(H,29,32)(H,30,33)/t25-,26-/m0/s1. The van der Waals surface area contributed by atoms with Gasteiger partial charge in [0.15, 0.2) is 5.41 Å². The molecule has 35 heavy (non-hydrogen) atoms. The molecule has 8 nitrogen and oxygen atoms in total. The Balaban J connectivity index is 1.69. The van der Waals surface area contributed by atoms with E-state index < -0.39 is 28.8 Å². The van der Waals surface area contributed by atoms with E-state index in [1.54, 1.807) is 72.8 Å². The molecule has 174 valence electrons. The van der Waals surface area contributed by atoms with Crippen LogP contribution in [0.2, 0.25) is 5.02 Å². The molecule has 6 rings (SSSR count). The summed E-state index contributed by atoms with van der Waals surface area (Å²) in [6.07, 6.45) is 0. The van der Waals surface area contributed by atoms with Gasteiger partial charge in [-0.1, -0.05) is 48.0 Å². The Kier molecular flexibility index (Phi) is 4.46. The SMILES string of the molecule is COC(=O)C1=C(Nc2ccc(Cl)cc2)O[C@@]2(C(=O)Nc3ccccc32)[C@]12C(=O)Nc1ccccc12. The molecule has 3 aliphatic heterocycles. The van der Waals surface area contributed by atoms with Crippen molar-refractivity contribution in [3.8, 4) is 0 Å². The van der Waals surface area contributed by atoms with Gasteiger partial charge in [-0.15, -0.1) is 0 Å². The molecule has 0 aliphatic carbocycles. The first-order valence-corrected chi connectivity index (χ1v) is 11.2. The third-order valence-corrected chi connectivity index (χ3v) is 6.92. The lowest BCUT2D eigenvalue weighted by atomic mass is 9.62. The second-order valence-corrected chi connectivity index (χ2v) is 8.80. The normalized spacial score (nSPS) is 23.6. The van der Waals surface area contributed by atoms with Crippen LogP contribution >= 0.6 is 11.6 Å². The lowest BCUT2D eigenvalue weighted by molar-refractivity contribution is -0.147. The molecule has 2 amide bonds. The molecule has 2 spiro atoms. The van der Waals surface area contributed by atoms with Gasteiger partial charge in [-0.3, -0.25) is 9.59 Å². The Morgan fingerprint density at radius 1 is 0.886 bits per heavy atom. The minimum atomic E-state index is -1.90. The summed E-state index contributed by atoms with van der Waals surface area (Å²) >= 11 is 6.03. The molecule has 0 fully saturated rings. The van der Waals surface area contributed by atoms with Gasteiger partial charge in [-0.2, -0.15) is 0 Å². The van der Waals surface area contributed by atoms with Gasteiger partial charge < -0.3 is 25.4 Å². The largest absolute Gasteiger partial charge is 0.465 e. The number of carbonyl (C=O) groups excluding carboxylic acids is 3. The van der Waals surface area contributed by atoms with Gasteiger partial charge in [0.1, 0.15) is 5.57 Å². The number of rotatable bonds is 3. The summed E-state index contributed by atoms with van der Waals surface area (Å²) in [4.78, 5) is 41.2. The highest BCUT2D eigenvalue weighted by atomic mass is 35.5. The van der Waals surface area contributed by atoms with Crippen LogP contribution in [0.3, 0.4) is 0 Å². The Morgan fingerprint density at radius 2 is 1.49 bits per heavy atom. The number of fused-ring (bicyclic) bond motifs is 5. The third-order valence-electron chi connectivity index (χ3n) is 6.67. The van der Waals surface area contributed by atoms with Crippen LogP contribution in [-0.4, -0.2) is 24.9 Å². The number of hydrogen-bond acceptors (Lipinski definition) is 6. The molecule has 3 aliphatic rings. The monoisotopic (exact) mass is 487 g/mol. The number of methoxy groups -OCH3 is 1. The molecular formula is C26H18ClN3O5. The molecule has 9 heteroatoms. The highest BCUT2D eigenvalue weighted by molar-refractivity contribution is 6.30. The van der Waals surface area contributed by atoms with Gasteiger partial charge in [0.25, 0.3) is 5.91 Å². The maximum Gasteiger partial charge on any atom is 0.340 e. The van der Waals surface area contributed by atoms with E-state index in [1.165, 1.54) is 7.11 Å². The van der Waals surface area contributed by atoms with Gasteiger partial charge in [-0.25, -0.2) is 4.79 Å². The fourth-order valence-corrected chi connectivity index (χ4v) is 5.41. The van der Waals surface area contributed by atoms with E-state index >= 15 is 0 Å². The molecular weight excluding hydrogens is 470 g/mol. The number of nitrogens with one attached hydrogen (secondary N) is 3. The number of amides is 2.